The summed E-state index contributed by atoms with van der Waals surface area (Å²) in [6.07, 6.45) is 5.04. The first-order valence-corrected chi connectivity index (χ1v) is 7.99. The molecule has 2 fully saturated rings. The molecule has 0 aromatic carbocycles. The molecule has 1 unspecified atom stereocenters. The fraction of sp³-hybridized carbons (Fsp3) is 0.867. The largest absolute Gasteiger partial charge is 0.339 e. The van der Waals surface area contributed by atoms with E-state index in [1.54, 1.807) is 0 Å². The summed E-state index contributed by atoms with van der Waals surface area (Å²) in [5.41, 5.74) is 0. The van der Waals surface area contributed by atoms with Crippen LogP contribution in [-0.2, 0) is 6.54 Å². The molecule has 112 valence electrons. The summed E-state index contributed by atoms with van der Waals surface area (Å²) in [7, 11) is 0. The van der Waals surface area contributed by atoms with Gasteiger partial charge in [0.15, 0.2) is 5.82 Å². The fourth-order valence-electron chi connectivity index (χ4n) is 2.89. The number of rotatable bonds is 6. The molecule has 0 bridgehead atoms. The van der Waals surface area contributed by atoms with Crippen LogP contribution in [0.2, 0.25) is 0 Å². The van der Waals surface area contributed by atoms with Gasteiger partial charge in [0, 0.05) is 18.5 Å². The molecule has 0 spiro atoms. The molecule has 1 aliphatic heterocycles. The van der Waals surface area contributed by atoms with E-state index in [0.29, 0.717) is 12.0 Å². The third-order valence-electron chi connectivity index (χ3n) is 4.19. The molecule has 1 aromatic heterocycles. The van der Waals surface area contributed by atoms with Gasteiger partial charge < -0.3 is 9.84 Å². The van der Waals surface area contributed by atoms with Gasteiger partial charge in [-0.15, -0.1) is 0 Å². The van der Waals surface area contributed by atoms with Crippen molar-refractivity contribution in [3.8, 4) is 0 Å². The first-order chi connectivity index (χ1) is 9.70. The molecule has 3 rings (SSSR count). The summed E-state index contributed by atoms with van der Waals surface area (Å²) >= 11 is 0. The summed E-state index contributed by atoms with van der Waals surface area (Å²) in [5.74, 6) is 3.03. The molecule has 1 atom stereocenters. The van der Waals surface area contributed by atoms with E-state index in [1.165, 1.54) is 25.7 Å². The van der Waals surface area contributed by atoms with Crippen molar-refractivity contribution >= 4 is 0 Å². The van der Waals surface area contributed by atoms with Gasteiger partial charge in [-0.05, 0) is 44.7 Å². The molecule has 0 amide bonds. The lowest BCUT2D eigenvalue weighted by Gasteiger charge is -2.32. The number of nitrogens with one attached hydrogen (secondary N) is 1. The molecule has 1 aromatic rings. The van der Waals surface area contributed by atoms with Crippen molar-refractivity contribution < 1.29 is 4.52 Å². The van der Waals surface area contributed by atoms with Crippen molar-refractivity contribution in [2.24, 2.45) is 5.92 Å². The van der Waals surface area contributed by atoms with Crippen molar-refractivity contribution in [2.75, 3.05) is 19.6 Å². The smallest absolute Gasteiger partial charge is 0.229 e. The summed E-state index contributed by atoms with van der Waals surface area (Å²) in [6, 6.07) is 0.573. The van der Waals surface area contributed by atoms with Crippen LogP contribution in [0.15, 0.2) is 4.52 Å². The molecule has 2 aliphatic rings. The van der Waals surface area contributed by atoms with Crippen LogP contribution in [0.5, 0.6) is 0 Å². The van der Waals surface area contributed by atoms with E-state index in [4.69, 9.17) is 4.52 Å². The second kappa shape index (κ2) is 6.22. The van der Waals surface area contributed by atoms with Gasteiger partial charge in [-0.25, -0.2) is 0 Å². The quantitative estimate of drug-likeness (QED) is 0.864. The molecule has 5 nitrogen and oxygen atoms in total. The van der Waals surface area contributed by atoms with Gasteiger partial charge in [0.25, 0.3) is 0 Å². The highest BCUT2D eigenvalue weighted by Crippen LogP contribution is 2.38. The number of hydrogen-bond donors (Lipinski definition) is 1. The number of hydrogen-bond acceptors (Lipinski definition) is 5. The van der Waals surface area contributed by atoms with Gasteiger partial charge in [-0.3, -0.25) is 4.90 Å². The van der Waals surface area contributed by atoms with E-state index in [0.717, 1.165) is 43.8 Å². The lowest BCUT2D eigenvalue weighted by Crippen LogP contribution is -2.40. The summed E-state index contributed by atoms with van der Waals surface area (Å²) < 4.78 is 5.34. The minimum Gasteiger partial charge on any atom is -0.339 e. The summed E-state index contributed by atoms with van der Waals surface area (Å²) in [6.45, 7) is 8.68. The van der Waals surface area contributed by atoms with Crippen LogP contribution in [0.25, 0.3) is 0 Å². The second-order valence-corrected chi connectivity index (χ2v) is 6.63. The third-order valence-corrected chi connectivity index (χ3v) is 4.19. The molecule has 1 aliphatic carbocycles. The van der Waals surface area contributed by atoms with Crippen LogP contribution >= 0.6 is 0 Å². The molecule has 1 saturated heterocycles. The molecule has 1 saturated carbocycles. The van der Waals surface area contributed by atoms with Gasteiger partial charge in [0.2, 0.25) is 5.89 Å². The zero-order chi connectivity index (χ0) is 13.9. The number of aromatic nitrogens is 2. The highest BCUT2D eigenvalue weighted by molar-refractivity contribution is 5.01. The number of nitrogens with zero attached hydrogens (tertiary/aromatic N) is 3. The minimum absolute atomic E-state index is 0.556. The second-order valence-electron chi connectivity index (χ2n) is 6.63. The first kappa shape index (κ1) is 14.0. The maximum absolute atomic E-state index is 5.34. The average molecular weight is 278 g/mol. The van der Waals surface area contributed by atoms with E-state index < -0.39 is 0 Å². The highest BCUT2D eigenvalue weighted by Gasteiger charge is 2.30. The number of likely N-dealkylation sites (tertiary alicyclic amines) is 1. The number of piperidine rings is 1. The van der Waals surface area contributed by atoms with E-state index in [1.807, 2.05) is 0 Å². The van der Waals surface area contributed by atoms with Crippen LogP contribution in [-0.4, -0.2) is 40.7 Å². The average Bonchev–Trinajstić information content (AvgIpc) is 3.18. The molecule has 2 heterocycles. The predicted octanol–water partition coefficient (Wildman–Crippen LogP) is 2.16. The van der Waals surface area contributed by atoms with Gasteiger partial charge in [-0.1, -0.05) is 19.0 Å². The van der Waals surface area contributed by atoms with Crippen LogP contribution in [0.3, 0.4) is 0 Å². The predicted molar refractivity (Wildman–Crippen MR) is 77.4 cm³/mol. The maximum atomic E-state index is 5.34. The van der Waals surface area contributed by atoms with Crippen LogP contribution < -0.4 is 5.32 Å². The van der Waals surface area contributed by atoms with E-state index in [2.05, 4.69) is 34.2 Å². The zero-order valence-corrected chi connectivity index (χ0v) is 12.6. The molecular weight excluding hydrogens is 252 g/mol. The van der Waals surface area contributed by atoms with Crippen molar-refractivity contribution in [1.82, 2.24) is 20.4 Å². The van der Waals surface area contributed by atoms with Gasteiger partial charge in [0.1, 0.15) is 0 Å². The highest BCUT2D eigenvalue weighted by atomic mass is 16.5. The van der Waals surface area contributed by atoms with E-state index >= 15 is 0 Å². The molecular formula is C15H26N4O. The molecule has 20 heavy (non-hydrogen) atoms. The maximum Gasteiger partial charge on any atom is 0.229 e. The van der Waals surface area contributed by atoms with Crippen LogP contribution in [0.4, 0.5) is 0 Å². The Bertz CT molecular complexity index is 427. The summed E-state index contributed by atoms with van der Waals surface area (Å²) in [5, 5.41) is 7.68. The monoisotopic (exact) mass is 278 g/mol. The lowest BCUT2D eigenvalue weighted by atomic mass is 9.98. The lowest BCUT2D eigenvalue weighted by molar-refractivity contribution is 0.159. The Hall–Kier alpha value is -0.940. The Kier molecular flexibility index (Phi) is 4.36. The Labute approximate surface area is 121 Å². The van der Waals surface area contributed by atoms with E-state index in [-0.39, 0.29) is 0 Å². The molecule has 0 radical (unpaired) electrons. The van der Waals surface area contributed by atoms with Crippen molar-refractivity contribution in [3.63, 3.8) is 0 Å². The summed E-state index contributed by atoms with van der Waals surface area (Å²) in [4.78, 5) is 7.00. The zero-order valence-electron chi connectivity index (χ0n) is 12.6. The minimum atomic E-state index is 0.556. The van der Waals surface area contributed by atoms with Crippen molar-refractivity contribution in [2.45, 2.75) is 58.0 Å². The van der Waals surface area contributed by atoms with Crippen LogP contribution in [0, 0.1) is 5.92 Å². The normalized spacial score (nSPS) is 24.4. The first-order valence-electron chi connectivity index (χ1n) is 7.99. The Morgan fingerprint density at radius 3 is 2.95 bits per heavy atom. The van der Waals surface area contributed by atoms with Gasteiger partial charge >= 0.3 is 0 Å². The topological polar surface area (TPSA) is 54.2 Å². The third kappa shape index (κ3) is 3.79. The standard InChI is InChI=1S/C15H26N4O/c1-11(2)16-8-12-4-3-7-19(9-12)10-14-17-15(20-18-14)13-5-6-13/h11-13,16H,3-10H2,1-2H3. The van der Waals surface area contributed by atoms with Crippen LogP contribution in [0.1, 0.15) is 57.2 Å². The Balaban J connectivity index is 1.48. The molecule has 5 heteroatoms. The Morgan fingerprint density at radius 1 is 1.35 bits per heavy atom. The van der Waals surface area contributed by atoms with Gasteiger partial charge in [0.05, 0.1) is 6.54 Å². The molecule has 1 N–H and O–H groups in total. The SMILES string of the molecule is CC(C)NCC1CCCN(Cc2noc(C3CC3)n2)C1. The van der Waals surface area contributed by atoms with Crippen molar-refractivity contribution in [3.05, 3.63) is 11.7 Å². The fourth-order valence-corrected chi connectivity index (χ4v) is 2.89. The Morgan fingerprint density at radius 2 is 2.20 bits per heavy atom. The van der Waals surface area contributed by atoms with Gasteiger partial charge in [-0.2, -0.15) is 4.98 Å². The van der Waals surface area contributed by atoms with Crippen molar-refractivity contribution in [1.29, 1.82) is 0 Å². The van der Waals surface area contributed by atoms with E-state index in [9.17, 15) is 0 Å².